The number of aliphatic imine (C=N–C) groups is 1. The number of hydrogen-bond donors (Lipinski definition) is 0. The van der Waals surface area contributed by atoms with E-state index in [-0.39, 0.29) is 24.4 Å². The molecule has 0 aliphatic carbocycles. The molecular formula is C25H27F3N6OS. The van der Waals surface area contributed by atoms with E-state index in [0.29, 0.717) is 25.3 Å². The van der Waals surface area contributed by atoms with Crippen molar-refractivity contribution in [2.24, 2.45) is 4.99 Å². The summed E-state index contributed by atoms with van der Waals surface area (Å²) >= 11 is 1.65. The zero-order valence-corrected chi connectivity index (χ0v) is 20.7. The van der Waals surface area contributed by atoms with Crippen LogP contribution in [0.25, 0.3) is 0 Å². The first-order chi connectivity index (χ1) is 17.3. The summed E-state index contributed by atoms with van der Waals surface area (Å²) in [4.78, 5) is 26.1. The van der Waals surface area contributed by atoms with Gasteiger partial charge in [-0.3, -0.25) is 14.5 Å². The summed E-state index contributed by atoms with van der Waals surface area (Å²) in [6.07, 6.45) is -1.05. The second kappa shape index (κ2) is 10.0. The Balaban J connectivity index is 1.11. The van der Waals surface area contributed by atoms with Gasteiger partial charge in [0.1, 0.15) is 6.54 Å². The standard InChI is InChI=1S/C25H27F3N6OS/c1-17-11-22(25(26,27)28)31-34(17)14-23(35)33-9-7-19(8-10-33)24-30-20(15-36-24)12-32-13-21(29-16-32)18-5-3-2-4-6-18/h2-6,11,15-16,19,21H,7-10,12-14H2,1H3. The minimum Gasteiger partial charge on any atom is -0.354 e. The van der Waals surface area contributed by atoms with Gasteiger partial charge in [-0.25, -0.2) is 4.98 Å². The van der Waals surface area contributed by atoms with Crippen molar-refractivity contribution in [3.8, 4) is 0 Å². The van der Waals surface area contributed by atoms with E-state index >= 15 is 0 Å². The fourth-order valence-corrected chi connectivity index (χ4v) is 5.65. The first kappa shape index (κ1) is 24.5. The van der Waals surface area contributed by atoms with E-state index in [4.69, 9.17) is 4.98 Å². The maximum Gasteiger partial charge on any atom is 0.435 e. The third-order valence-corrected chi connectivity index (χ3v) is 7.75. The maximum atomic E-state index is 12.9. The highest BCUT2D eigenvalue weighted by molar-refractivity contribution is 7.09. The summed E-state index contributed by atoms with van der Waals surface area (Å²) in [5, 5.41) is 6.73. The topological polar surface area (TPSA) is 66.6 Å². The highest BCUT2D eigenvalue weighted by atomic mass is 32.1. The van der Waals surface area contributed by atoms with Crippen molar-refractivity contribution in [3.05, 3.63) is 69.4 Å². The van der Waals surface area contributed by atoms with Crippen LogP contribution >= 0.6 is 11.3 Å². The number of rotatable bonds is 6. The number of likely N-dealkylation sites (tertiary alicyclic amines) is 1. The van der Waals surface area contributed by atoms with Crippen molar-refractivity contribution >= 4 is 23.6 Å². The number of benzene rings is 1. The molecule has 0 saturated carbocycles. The van der Waals surface area contributed by atoms with Gasteiger partial charge >= 0.3 is 6.18 Å². The van der Waals surface area contributed by atoms with Crippen LogP contribution in [0, 0.1) is 6.92 Å². The monoisotopic (exact) mass is 516 g/mol. The number of hydrogen-bond acceptors (Lipinski definition) is 6. The average Bonchev–Trinajstić information content (AvgIpc) is 3.61. The highest BCUT2D eigenvalue weighted by Crippen LogP contribution is 2.32. The first-order valence-corrected chi connectivity index (χ1v) is 12.8. The molecule has 2 aliphatic rings. The lowest BCUT2D eigenvalue weighted by molar-refractivity contribution is -0.142. The smallest absolute Gasteiger partial charge is 0.354 e. The number of halogens is 3. The van der Waals surface area contributed by atoms with Crippen LogP contribution in [0.15, 0.2) is 46.8 Å². The summed E-state index contributed by atoms with van der Waals surface area (Å²) in [6.45, 7) is 4.00. The van der Waals surface area contributed by atoms with Gasteiger partial charge in [0.15, 0.2) is 5.69 Å². The third-order valence-electron chi connectivity index (χ3n) is 6.69. The number of alkyl halides is 3. The van der Waals surface area contributed by atoms with Crippen LogP contribution in [0.4, 0.5) is 13.2 Å². The molecule has 2 aromatic heterocycles. The Labute approximate surface area is 211 Å². The van der Waals surface area contributed by atoms with Crippen molar-refractivity contribution in [3.63, 3.8) is 0 Å². The molecule has 1 saturated heterocycles. The molecule has 0 spiro atoms. The number of piperidine rings is 1. The van der Waals surface area contributed by atoms with Gasteiger partial charge in [0.05, 0.1) is 29.6 Å². The number of aromatic nitrogens is 3. The van der Waals surface area contributed by atoms with Crippen molar-refractivity contribution in [1.82, 2.24) is 24.6 Å². The van der Waals surface area contributed by atoms with E-state index in [2.05, 4.69) is 32.5 Å². The van der Waals surface area contributed by atoms with E-state index in [1.807, 2.05) is 24.5 Å². The molecule has 0 N–H and O–H groups in total. The Bertz CT molecular complexity index is 1230. The molecule has 1 atom stereocenters. The van der Waals surface area contributed by atoms with Crippen molar-refractivity contribution in [1.29, 1.82) is 0 Å². The molecule has 4 heterocycles. The van der Waals surface area contributed by atoms with E-state index in [1.165, 1.54) is 12.5 Å². The van der Waals surface area contributed by atoms with Crippen LogP contribution in [-0.2, 0) is 24.1 Å². The quantitative estimate of drug-likeness (QED) is 0.478. The van der Waals surface area contributed by atoms with Gasteiger partial charge in [0, 0.05) is 36.6 Å². The molecule has 11 heteroatoms. The summed E-state index contributed by atoms with van der Waals surface area (Å²) in [5.41, 5.74) is 1.57. The van der Waals surface area contributed by atoms with Crippen molar-refractivity contribution in [2.75, 3.05) is 19.6 Å². The van der Waals surface area contributed by atoms with Gasteiger partial charge in [-0.05, 0) is 31.4 Å². The Morgan fingerprint density at radius 3 is 2.61 bits per heavy atom. The lowest BCUT2D eigenvalue weighted by Gasteiger charge is -2.31. The summed E-state index contributed by atoms with van der Waals surface area (Å²) < 4.78 is 39.8. The fraction of sp³-hybridized carbons (Fsp3) is 0.440. The van der Waals surface area contributed by atoms with Crippen molar-refractivity contribution in [2.45, 2.75) is 51.0 Å². The van der Waals surface area contributed by atoms with Gasteiger partial charge in [0.25, 0.3) is 0 Å². The van der Waals surface area contributed by atoms with E-state index in [0.717, 1.165) is 40.8 Å². The van der Waals surface area contributed by atoms with E-state index in [1.54, 1.807) is 16.2 Å². The second-order valence-corrected chi connectivity index (χ2v) is 10.2. The minimum absolute atomic E-state index is 0.150. The Kier molecular flexibility index (Phi) is 6.83. The summed E-state index contributed by atoms with van der Waals surface area (Å²) in [6, 6.07) is 11.4. The highest BCUT2D eigenvalue weighted by Gasteiger charge is 2.35. The van der Waals surface area contributed by atoms with Crippen molar-refractivity contribution < 1.29 is 18.0 Å². The van der Waals surface area contributed by atoms with Crippen LogP contribution in [-0.4, -0.2) is 56.4 Å². The molecule has 0 bridgehead atoms. The Morgan fingerprint density at radius 2 is 1.92 bits per heavy atom. The van der Waals surface area contributed by atoms with Crippen LogP contribution in [0.5, 0.6) is 0 Å². The van der Waals surface area contributed by atoms with Crippen LogP contribution < -0.4 is 0 Å². The maximum absolute atomic E-state index is 12.9. The lowest BCUT2D eigenvalue weighted by atomic mass is 9.97. The Morgan fingerprint density at radius 1 is 1.17 bits per heavy atom. The zero-order chi connectivity index (χ0) is 25.3. The SMILES string of the molecule is Cc1cc(C(F)(F)F)nn1CC(=O)N1CCC(c2nc(CN3C=NC(c4ccccc4)C3)cs2)CC1. The molecule has 2 aliphatic heterocycles. The molecule has 5 rings (SSSR count). The predicted molar refractivity (Wildman–Crippen MR) is 131 cm³/mol. The summed E-state index contributed by atoms with van der Waals surface area (Å²) in [5.74, 6) is 0.0647. The van der Waals surface area contributed by atoms with Gasteiger partial charge in [0.2, 0.25) is 5.91 Å². The van der Waals surface area contributed by atoms with Gasteiger partial charge in [-0.15, -0.1) is 11.3 Å². The van der Waals surface area contributed by atoms with Gasteiger partial charge in [-0.2, -0.15) is 18.3 Å². The number of carbonyl (C=O) groups is 1. The van der Waals surface area contributed by atoms with E-state index in [9.17, 15) is 18.0 Å². The number of carbonyl (C=O) groups excluding carboxylic acids is 1. The number of aryl methyl sites for hydroxylation is 1. The number of amides is 1. The molecule has 0 radical (unpaired) electrons. The molecular weight excluding hydrogens is 489 g/mol. The molecule has 1 fully saturated rings. The molecule has 1 unspecified atom stereocenters. The van der Waals surface area contributed by atoms with Gasteiger partial charge in [-0.1, -0.05) is 30.3 Å². The van der Waals surface area contributed by atoms with Crippen LogP contribution in [0.2, 0.25) is 0 Å². The summed E-state index contributed by atoms with van der Waals surface area (Å²) in [7, 11) is 0. The molecule has 190 valence electrons. The Hall–Kier alpha value is -3.21. The minimum atomic E-state index is -4.52. The third kappa shape index (κ3) is 5.45. The fourth-order valence-electron chi connectivity index (χ4n) is 4.67. The molecule has 1 amide bonds. The molecule has 1 aromatic carbocycles. The lowest BCUT2D eigenvalue weighted by Crippen LogP contribution is -2.40. The average molecular weight is 517 g/mol. The zero-order valence-electron chi connectivity index (χ0n) is 19.9. The normalized spacial score (nSPS) is 18.8. The molecule has 36 heavy (non-hydrogen) atoms. The van der Waals surface area contributed by atoms with Crippen LogP contribution in [0.1, 0.15) is 52.5 Å². The first-order valence-electron chi connectivity index (χ1n) is 11.9. The predicted octanol–water partition coefficient (Wildman–Crippen LogP) is 4.66. The molecule has 7 nitrogen and oxygen atoms in total. The number of thiazole rings is 1. The number of nitrogens with zero attached hydrogens (tertiary/aromatic N) is 6. The van der Waals surface area contributed by atoms with Crippen LogP contribution in [0.3, 0.4) is 0 Å². The van der Waals surface area contributed by atoms with E-state index < -0.39 is 11.9 Å². The second-order valence-electron chi connectivity index (χ2n) is 9.28. The largest absolute Gasteiger partial charge is 0.435 e. The molecule has 3 aromatic rings. The van der Waals surface area contributed by atoms with Gasteiger partial charge < -0.3 is 9.80 Å².